The highest BCUT2D eigenvalue weighted by molar-refractivity contribution is 3.87. The molecule has 0 aliphatic carbocycles. The minimum Gasteiger partial charge on any atom is -2.00 e. The third-order valence-electron chi connectivity index (χ3n) is 0. The van der Waals surface area contributed by atoms with E-state index >= 15 is 0 Å². The van der Waals surface area contributed by atoms with E-state index in [1.807, 2.05) is 0 Å². The largest absolute Gasteiger partial charge is 2.00 e. The van der Waals surface area contributed by atoms with Crippen LogP contribution >= 0.6 is 0 Å². The molecule has 0 aliphatic heterocycles. The van der Waals surface area contributed by atoms with Gasteiger partial charge in [0.2, 0.25) is 0 Å². The fourth-order valence-corrected chi connectivity index (χ4v) is 0. The molecule has 72 valence electrons. The molecule has 0 bridgehead atoms. The van der Waals surface area contributed by atoms with Crippen molar-refractivity contribution < 1.29 is 14.4 Å². The molecule has 0 amide bonds. The maximum absolute atomic E-state index is 2.12. The lowest BCUT2D eigenvalue weighted by Crippen LogP contribution is -2.27. The van der Waals surface area contributed by atoms with Crippen LogP contribution < -0.4 is 0 Å². The summed E-state index contributed by atoms with van der Waals surface area (Å²) in [5.41, 5.74) is 0. The highest BCUT2D eigenvalue weighted by atomic mass is 16.0. The zero-order chi connectivity index (χ0) is 9.00. The van der Waals surface area contributed by atoms with Gasteiger partial charge in [-0.15, -0.1) is 0 Å². The summed E-state index contributed by atoms with van der Waals surface area (Å²) in [7, 11) is 17.0. The van der Waals surface area contributed by atoms with Crippen molar-refractivity contribution in [3.63, 3.8) is 0 Å². The van der Waals surface area contributed by atoms with Crippen molar-refractivity contribution in [2.24, 2.45) is 0 Å². The summed E-state index contributed by atoms with van der Waals surface area (Å²) in [4.78, 5) is 0. The Morgan fingerprint density at radius 1 is 0.455 bits per heavy atom. The molecule has 0 saturated heterocycles. The van der Waals surface area contributed by atoms with Crippen LogP contribution in [-0.2, 0) is 5.48 Å². The number of nitrogens with zero attached hydrogens (tertiary/aromatic N) is 2. The van der Waals surface area contributed by atoms with E-state index < -0.39 is 0 Å². The second-order valence-electron chi connectivity index (χ2n) is 5.37. The van der Waals surface area contributed by atoms with Gasteiger partial charge in [-0.05, 0) is 0 Å². The SMILES string of the molecule is C[N+](C)(C)C.C[N+](C)(C)C.[O-2]. The Morgan fingerprint density at radius 3 is 0.455 bits per heavy atom. The number of quaternary nitrogens is 2. The van der Waals surface area contributed by atoms with E-state index in [1.165, 1.54) is 0 Å². The molecule has 0 atom stereocenters. The molecule has 0 radical (unpaired) electrons. The van der Waals surface area contributed by atoms with Gasteiger partial charge in [-0.25, -0.2) is 0 Å². The van der Waals surface area contributed by atoms with Gasteiger partial charge in [0.1, 0.15) is 0 Å². The monoisotopic (exact) mass is 164 g/mol. The molecular formula is C8H24N2O. The van der Waals surface area contributed by atoms with Crippen molar-refractivity contribution in [2.45, 2.75) is 0 Å². The van der Waals surface area contributed by atoms with Crippen LogP contribution in [0.25, 0.3) is 0 Å². The van der Waals surface area contributed by atoms with Crippen LogP contribution in [0.1, 0.15) is 0 Å². The molecule has 0 aliphatic rings. The molecule has 0 aromatic carbocycles. The predicted molar refractivity (Wildman–Crippen MR) is 48.6 cm³/mol. The fraction of sp³-hybridized carbons (Fsp3) is 1.00. The van der Waals surface area contributed by atoms with E-state index in [9.17, 15) is 0 Å². The van der Waals surface area contributed by atoms with Crippen molar-refractivity contribution >= 4 is 0 Å². The first-order valence-corrected chi connectivity index (χ1v) is 3.58. The zero-order valence-electron chi connectivity index (χ0n) is 9.30. The summed E-state index contributed by atoms with van der Waals surface area (Å²) in [6.07, 6.45) is 0. The molecule has 3 heteroatoms. The van der Waals surface area contributed by atoms with Crippen LogP contribution in [0.2, 0.25) is 0 Å². The average Bonchev–Trinajstić information content (AvgIpc) is 1.12. The smallest absolute Gasteiger partial charge is 0.0675 e. The maximum Gasteiger partial charge on any atom is 0.0675 e. The third-order valence-corrected chi connectivity index (χ3v) is 0. The average molecular weight is 164 g/mol. The molecule has 0 N–H and O–H groups in total. The van der Waals surface area contributed by atoms with Crippen molar-refractivity contribution in [3.8, 4) is 0 Å². The summed E-state index contributed by atoms with van der Waals surface area (Å²) in [5.74, 6) is 0. The maximum atomic E-state index is 2.12. The molecule has 0 unspecified atom stereocenters. The van der Waals surface area contributed by atoms with Crippen LogP contribution in [0.15, 0.2) is 0 Å². The Balaban J connectivity index is -0.000000107. The van der Waals surface area contributed by atoms with Crippen molar-refractivity contribution in [1.29, 1.82) is 0 Å². The van der Waals surface area contributed by atoms with Gasteiger partial charge in [-0.2, -0.15) is 0 Å². The lowest BCUT2D eigenvalue weighted by Gasteiger charge is -2.14. The predicted octanol–water partition coefficient (Wildman–Crippen LogP) is 0.526. The van der Waals surface area contributed by atoms with E-state index in [1.54, 1.807) is 0 Å². The standard InChI is InChI=1S/2C4H12N.O/c2*1-5(2,3)4;/h2*1-4H3;/q2*+1;-2. The van der Waals surface area contributed by atoms with E-state index in [4.69, 9.17) is 0 Å². The number of hydrogen-bond acceptors (Lipinski definition) is 0. The molecule has 0 fully saturated rings. The van der Waals surface area contributed by atoms with E-state index in [0.29, 0.717) is 0 Å². The summed E-state index contributed by atoms with van der Waals surface area (Å²) in [6.45, 7) is 0. The van der Waals surface area contributed by atoms with Crippen LogP contribution in [-0.4, -0.2) is 65.3 Å². The Labute approximate surface area is 71.7 Å². The van der Waals surface area contributed by atoms with E-state index in [-0.39, 0.29) is 5.48 Å². The molecule has 0 heterocycles. The Bertz CT molecular complexity index is 55.1. The Kier molecular flexibility index (Phi) is 8.58. The number of rotatable bonds is 0. The summed E-state index contributed by atoms with van der Waals surface area (Å²) in [6, 6.07) is 0. The molecule has 0 rings (SSSR count). The van der Waals surface area contributed by atoms with E-state index in [2.05, 4.69) is 56.4 Å². The topological polar surface area (TPSA) is 28.5 Å². The van der Waals surface area contributed by atoms with Gasteiger partial charge in [0, 0.05) is 0 Å². The zero-order valence-corrected chi connectivity index (χ0v) is 9.30. The summed E-state index contributed by atoms with van der Waals surface area (Å²) < 4.78 is 2.00. The minimum absolute atomic E-state index is 0. The van der Waals surface area contributed by atoms with Gasteiger partial charge in [-0.1, -0.05) is 0 Å². The fourth-order valence-electron chi connectivity index (χ4n) is 0. The van der Waals surface area contributed by atoms with Gasteiger partial charge in [0.05, 0.1) is 56.4 Å². The van der Waals surface area contributed by atoms with Crippen LogP contribution in [0.4, 0.5) is 0 Å². The molecule has 0 aromatic rings. The lowest BCUT2D eigenvalue weighted by atomic mass is 10.8. The van der Waals surface area contributed by atoms with Crippen molar-refractivity contribution in [1.82, 2.24) is 0 Å². The number of hydrogen-bond donors (Lipinski definition) is 0. The van der Waals surface area contributed by atoms with Gasteiger partial charge < -0.3 is 14.4 Å². The first-order chi connectivity index (χ1) is 4.00. The first kappa shape index (κ1) is 17.1. The molecule has 0 aromatic heterocycles. The highest BCUT2D eigenvalue weighted by Crippen LogP contribution is 1.74. The van der Waals surface area contributed by atoms with Crippen LogP contribution in [0, 0.1) is 0 Å². The van der Waals surface area contributed by atoms with Crippen LogP contribution in [0.3, 0.4) is 0 Å². The second-order valence-corrected chi connectivity index (χ2v) is 5.37. The highest BCUT2D eigenvalue weighted by Gasteiger charge is 1.88. The van der Waals surface area contributed by atoms with Crippen molar-refractivity contribution in [3.05, 3.63) is 0 Å². The summed E-state index contributed by atoms with van der Waals surface area (Å²) in [5, 5.41) is 0. The summed E-state index contributed by atoms with van der Waals surface area (Å²) >= 11 is 0. The third kappa shape index (κ3) is 42600. The first-order valence-electron chi connectivity index (χ1n) is 3.58. The normalized spacial score (nSPS) is 10.9. The Hall–Kier alpha value is -0.120. The van der Waals surface area contributed by atoms with Gasteiger partial charge in [0.15, 0.2) is 0 Å². The Morgan fingerprint density at radius 2 is 0.455 bits per heavy atom. The molecule has 0 spiro atoms. The van der Waals surface area contributed by atoms with E-state index in [0.717, 1.165) is 8.97 Å². The molecule has 3 nitrogen and oxygen atoms in total. The molecule has 0 saturated carbocycles. The second kappa shape index (κ2) is 5.52. The molecular weight excluding hydrogens is 140 g/mol. The van der Waals surface area contributed by atoms with Gasteiger partial charge in [-0.3, -0.25) is 0 Å². The van der Waals surface area contributed by atoms with Crippen LogP contribution in [0.5, 0.6) is 0 Å². The quantitative estimate of drug-likeness (QED) is 0.467. The lowest BCUT2D eigenvalue weighted by molar-refractivity contribution is -0.849. The minimum atomic E-state index is 0. The van der Waals surface area contributed by atoms with Crippen molar-refractivity contribution in [2.75, 3.05) is 56.4 Å². The molecule has 11 heavy (non-hydrogen) atoms. The van der Waals surface area contributed by atoms with Gasteiger partial charge in [0.25, 0.3) is 0 Å². The van der Waals surface area contributed by atoms with Gasteiger partial charge >= 0.3 is 0 Å².